The van der Waals surface area contributed by atoms with Crippen LogP contribution in [0.1, 0.15) is 19.3 Å². The van der Waals surface area contributed by atoms with Gasteiger partial charge in [-0.1, -0.05) is 0 Å². The Kier molecular flexibility index (Phi) is 4.86. The molecule has 1 aliphatic heterocycles. The molecule has 1 heterocycles. The molecule has 2 aliphatic rings. The summed E-state index contributed by atoms with van der Waals surface area (Å²) >= 11 is 0. The van der Waals surface area contributed by atoms with Crippen molar-refractivity contribution in [1.29, 1.82) is 0 Å². The van der Waals surface area contributed by atoms with E-state index >= 15 is 0 Å². The third kappa shape index (κ3) is 3.89. The fourth-order valence-corrected chi connectivity index (χ4v) is 1.50. The first-order chi connectivity index (χ1) is 7.25. The Morgan fingerprint density at radius 3 is 2.88 bits per heavy atom. The highest BCUT2D eigenvalue weighted by molar-refractivity contribution is 5.85. The number of hydrogen-bond acceptors (Lipinski definition) is 3. The molecule has 1 saturated heterocycles. The maximum atomic E-state index is 11.1. The van der Waals surface area contributed by atoms with Crippen LogP contribution < -0.4 is 5.73 Å². The smallest absolute Gasteiger partial charge is 0.409 e. The van der Waals surface area contributed by atoms with Crippen LogP contribution in [0, 0.1) is 5.92 Å². The van der Waals surface area contributed by atoms with Crippen molar-refractivity contribution >= 4 is 24.3 Å². The van der Waals surface area contributed by atoms with Gasteiger partial charge < -0.3 is 15.4 Å². The number of amides is 1. The number of nitrogens with zero attached hydrogens (tertiary/aromatic N) is 2. The second-order valence-corrected chi connectivity index (χ2v) is 4.13. The van der Waals surface area contributed by atoms with E-state index in [4.69, 9.17) is 10.5 Å². The molecule has 0 atom stereocenters. The third-order valence-electron chi connectivity index (χ3n) is 2.73. The molecule has 0 bridgehead atoms. The first-order valence-electron chi connectivity index (χ1n) is 5.46. The fraction of sp³-hybridized carbons (Fsp3) is 0.800. The van der Waals surface area contributed by atoms with Gasteiger partial charge in [-0.2, -0.15) is 0 Å². The minimum absolute atomic E-state index is 0. The second-order valence-electron chi connectivity index (χ2n) is 4.13. The summed E-state index contributed by atoms with van der Waals surface area (Å²) in [4.78, 5) is 17.0. The van der Waals surface area contributed by atoms with Crippen LogP contribution in [0.2, 0.25) is 0 Å². The molecule has 92 valence electrons. The van der Waals surface area contributed by atoms with Gasteiger partial charge in [-0.25, -0.2) is 4.79 Å². The van der Waals surface area contributed by atoms with E-state index in [1.165, 1.54) is 12.8 Å². The Hall–Kier alpha value is -0.970. The molecule has 5 nitrogen and oxygen atoms in total. The fourth-order valence-electron chi connectivity index (χ4n) is 1.50. The number of cyclic esters (lactones) is 1. The number of carbonyl (C=O) groups is 1. The topological polar surface area (TPSA) is 67.9 Å². The summed E-state index contributed by atoms with van der Waals surface area (Å²) in [6.07, 6.45) is 3.00. The summed E-state index contributed by atoms with van der Waals surface area (Å²) < 4.78 is 4.81. The molecule has 2 N–H and O–H groups in total. The second kappa shape index (κ2) is 5.94. The zero-order valence-corrected chi connectivity index (χ0v) is 10.0. The van der Waals surface area contributed by atoms with Gasteiger partial charge in [0, 0.05) is 19.5 Å². The summed E-state index contributed by atoms with van der Waals surface area (Å²) in [6, 6.07) is 0. The van der Waals surface area contributed by atoms with Crippen molar-refractivity contribution in [1.82, 2.24) is 4.90 Å². The van der Waals surface area contributed by atoms with Gasteiger partial charge in [0.15, 0.2) is 0 Å². The molecular weight excluding hydrogens is 230 g/mol. The molecule has 0 aromatic heterocycles. The van der Waals surface area contributed by atoms with E-state index in [1.807, 2.05) is 0 Å². The van der Waals surface area contributed by atoms with Gasteiger partial charge in [-0.15, -0.1) is 12.4 Å². The maximum absolute atomic E-state index is 11.1. The number of halogens is 1. The van der Waals surface area contributed by atoms with E-state index in [1.54, 1.807) is 4.90 Å². The van der Waals surface area contributed by atoms with Crippen LogP contribution in [0.25, 0.3) is 0 Å². The van der Waals surface area contributed by atoms with Crippen molar-refractivity contribution in [2.24, 2.45) is 16.6 Å². The highest BCUT2D eigenvalue weighted by atomic mass is 35.5. The Balaban J connectivity index is 0.00000128. The van der Waals surface area contributed by atoms with E-state index in [0.29, 0.717) is 32.0 Å². The Morgan fingerprint density at radius 1 is 1.56 bits per heavy atom. The molecule has 2 rings (SSSR count). The SMILES string of the molecule is Cl.NC(CCN1CCOC1=O)=NCC1CC1. The van der Waals surface area contributed by atoms with Crippen LogP contribution in [0.3, 0.4) is 0 Å². The lowest BCUT2D eigenvalue weighted by Crippen LogP contribution is -2.29. The summed E-state index contributed by atoms with van der Waals surface area (Å²) in [5.41, 5.74) is 5.74. The average Bonchev–Trinajstić information content (AvgIpc) is 2.96. The number of rotatable bonds is 5. The van der Waals surface area contributed by atoms with Crippen LogP contribution in [-0.4, -0.2) is 43.1 Å². The van der Waals surface area contributed by atoms with Gasteiger partial charge in [0.2, 0.25) is 0 Å². The summed E-state index contributed by atoms with van der Waals surface area (Å²) in [5, 5.41) is 0. The van der Waals surface area contributed by atoms with Crippen molar-refractivity contribution in [3.05, 3.63) is 0 Å². The van der Waals surface area contributed by atoms with Crippen molar-refractivity contribution in [3.63, 3.8) is 0 Å². The number of hydrogen-bond donors (Lipinski definition) is 1. The molecule has 0 aromatic rings. The van der Waals surface area contributed by atoms with E-state index in [9.17, 15) is 4.79 Å². The van der Waals surface area contributed by atoms with E-state index in [-0.39, 0.29) is 18.5 Å². The number of amidine groups is 1. The van der Waals surface area contributed by atoms with Crippen LogP contribution in [0.5, 0.6) is 0 Å². The predicted octanol–water partition coefficient (Wildman–Crippen LogP) is 1.02. The van der Waals surface area contributed by atoms with Gasteiger partial charge in [-0.3, -0.25) is 4.99 Å². The third-order valence-corrected chi connectivity index (χ3v) is 2.73. The molecule has 1 aliphatic carbocycles. The molecule has 2 fully saturated rings. The first kappa shape index (κ1) is 13.1. The number of nitrogens with two attached hydrogens (primary N) is 1. The lowest BCUT2D eigenvalue weighted by molar-refractivity contribution is 0.159. The van der Waals surface area contributed by atoms with Crippen LogP contribution in [0.15, 0.2) is 4.99 Å². The molecule has 1 amide bonds. The molecule has 1 saturated carbocycles. The normalized spacial score (nSPS) is 20.6. The monoisotopic (exact) mass is 247 g/mol. The summed E-state index contributed by atoms with van der Waals surface area (Å²) in [5.74, 6) is 1.42. The molecule has 0 aromatic carbocycles. The minimum Gasteiger partial charge on any atom is -0.448 e. The van der Waals surface area contributed by atoms with Crippen LogP contribution in [0.4, 0.5) is 4.79 Å². The number of carbonyl (C=O) groups excluding carboxylic acids is 1. The predicted molar refractivity (Wildman–Crippen MR) is 64.0 cm³/mol. The lowest BCUT2D eigenvalue weighted by atomic mass is 10.3. The first-order valence-corrected chi connectivity index (χ1v) is 5.46. The largest absolute Gasteiger partial charge is 0.448 e. The Morgan fingerprint density at radius 2 is 2.31 bits per heavy atom. The molecule has 0 spiro atoms. The van der Waals surface area contributed by atoms with Crippen LogP contribution >= 0.6 is 12.4 Å². The maximum Gasteiger partial charge on any atom is 0.409 e. The van der Waals surface area contributed by atoms with Crippen molar-refractivity contribution in [2.75, 3.05) is 26.2 Å². The van der Waals surface area contributed by atoms with Gasteiger partial charge in [0.05, 0.1) is 12.4 Å². The van der Waals surface area contributed by atoms with Crippen LogP contribution in [-0.2, 0) is 4.74 Å². The zero-order valence-electron chi connectivity index (χ0n) is 9.22. The Bertz CT molecular complexity index is 279. The van der Waals surface area contributed by atoms with Crippen molar-refractivity contribution < 1.29 is 9.53 Å². The quantitative estimate of drug-likeness (QED) is 0.583. The van der Waals surface area contributed by atoms with Gasteiger partial charge >= 0.3 is 6.09 Å². The lowest BCUT2D eigenvalue weighted by Gasteiger charge is -2.11. The molecule has 6 heteroatoms. The molecule has 0 radical (unpaired) electrons. The number of aliphatic imine (C=N–C) groups is 1. The average molecular weight is 248 g/mol. The molecular formula is C10H18ClN3O2. The van der Waals surface area contributed by atoms with E-state index < -0.39 is 0 Å². The summed E-state index contributed by atoms with van der Waals surface area (Å²) in [7, 11) is 0. The van der Waals surface area contributed by atoms with E-state index in [2.05, 4.69) is 4.99 Å². The summed E-state index contributed by atoms with van der Waals surface area (Å²) in [6.45, 7) is 2.65. The molecule has 16 heavy (non-hydrogen) atoms. The zero-order chi connectivity index (χ0) is 10.7. The van der Waals surface area contributed by atoms with Crippen molar-refractivity contribution in [3.8, 4) is 0 Å². The molecule has 0 unspecified atom stereocenters. The minimum atomic E-state index is -0.231. The standard InChI is InChI=1S/C10H17N3O2.ClH/c11-9(12-7-8-1-2-8)3-4-13-5-6-15-10(13)14;/h8H,1-7H2,(H2,11,12);1H. The Labute approximate surface area is 101 Å². The highest BCUT2D eigenvalue weighted by Crippen LogP contribution is 2.28. The van der Waals surface area contributed by atoms with Gasteiger partial charge in [-0.05, 0) is 18.8 Å². The number of ether oxygens (including phenoxy) is 1. The highest BCUT2D eigenvalue weighted by Gasteiger charge is 2.22. The van der Waals surface area contributed by atoms with Gasteiger partial charge in [0.25, 0.3) is 0 Å². The van der Waals surface area contributed by atoms with Gasteiger partial charge in [0.1, 0.15) is 6.61 Å². The van der Waals surface area contributed by atoms with Crippen molar-refractivity contribution in [2.45, 2.75) is 19.3 Å². The van der Waals surface area contributed by atoms with E-state index in [0.717, 1.165) is 12.5 Å².